The Labute approximate surface area is 53.3 Å². The maximum Gasteiger partial charge on any atom is 0.407 e. The molecule has 1 amide bonds. The molecule has 2 aliphatic rings. The number of fused-ring (bicyclic) bond motifs is 1. The molecule has 0 aromatic heterocycles. The van der Waals surface area contributed by atoms with Crippen LogP contribution >= 0.6 is 0 Å². The van der Waals surface area contributed by atoms with Crippen LogP contribution in [0.25, 0.3) is 0 Å². The molecule has 0 bridgehead atoms. The van der Waals surface area contributed by atoms with Gasteiger partial charge >= 0.3 is 6.09 Å². The number of hydrogen-bond donors (Lipinski definition) is 1. The summed E-state index contributed by atoms with van der Waals surface area (Å²) in [6, 6.07) is 0.405. The number of nitrogens with zero attached hydrogens (tertiary/aromatic N) is 1. The van der Waals surface area contributed by atoms with Crippen LogP contribution in [-0.2, 0) is 0 Å². The van der Waals surface area contributed by atoms with E-state index in [1.165, 1.54) is 0 Å². The molecule has 9 heavy (non-hydrogen) atoms. The van der Waals surface area contributed by atoms with Crippen molar-refractivity contribution < 1.29 is 9.90 Å². The zero-order valence-electron chi connectivity index (χ0n) is 5.08. The summed E-state index contributed by atoms with van der Waals surface area (Å²) in [4.78, 5) is 11.9. The molecule has 2 fully saturated rings. The van der Waals surface area contributed by atoms with Crippen LogP contribution in [0.1, 0.15) is 12.8 Å². The summed E-state index contributed by atoms with van der Waals surface area (Å²) in [5.41, 5.74) is 0. The summed E-state index contributed by atoms with van der Waals surface area (Å²) in [5, 5.41) is 8.54. The Bertz CT molecular complexity index is 157. The zero-order valence-corrected chi connectivity index (χ0v) is 5.08. The first-order valence-corrected chi connectivity index (χ1v) is 3.28. The molecule has 1 saturated heterocycles. The number of piperidine rings is 1. The van der Waals surface area contributed by atoms with E-state index in [0.717, 1.165) is 25.3 Å². The molecule has 0 aromatic carbocycles. The number of hydrogen-bond acceptors (Lipinski definition) is 1. The van der Waals surface area contributed by atoms with Gasteiger partial charge in [-0.2, -0.15) is 0 Å². The van der Waals surface area contributed by atoms with Crippen molar-refractivity contribution in [1.29, 1.82) is 0 Å². The first-order chi connectivity index (χ1) is 4.29. The molecule has 0 radical (unpaired) electrons. The topological polar surface area (TPSA) is 40.5 Å². The monoisotopic (exact) mass is 127 g/mol. The quantitative estimate of drug-likeness (QED) is 0.521. The molecule has 3 heteroatoms. The lowest BCUT2D eigenvalue weighted by atomic mass is 10.3. The van der Waals surface area contributed by atoms with Crippen molar-refractivity contribution in [3.63, 3.8) is 0 Å². The van der Waals surface area contributed by atoms with Crippen LogP contribution in [0.15, 0.2) is 0 Å². The molecule has 2 unspecified atom stereocenters. The highest BCUT2D eigenvalue weighted by atomic mass is 16.4. The maximum atomic E-state index is 10.4. The standard InChI is InChI=1S/C6H9NO2/c8-6(9)7-2-1-4-3-5(4)7/h4-5H,1-3H2,(H,8,9). The third-order valence-corrected chi connectivity index (χ3v) is 2.27. The number of amides is 1. The average molecular weight is 127 g/mol. The molecule has 0 spiro atoms. The van der Waals surface area contributed by atoms with Gasteiger partial charge in [-0.05, 0) is 18.8 Å². The molecule has 50 valence electrons. The maximum absolute atomic E-state index is 10.4. The van der Waals surface area contributed by atoms with Crippen LogP contribution in [0.3, 0.4) is 0 Å². The van der Waals surface area contributed by atoms with Crippen LogP contribution < -0.4 is 0 Å². The van der Waals surface area contributed by atoms with Crippen molar-refractivity contribution in [2.75, 3.05) is 6.54 Å². The summed E-state index contributed by atoms with van der Waals surface area (Å²) in [5.74, 6) is 0.723. The molecule has 0 aromatic rings. The van der Waals surface area contributed by atoms with E-state index < -0.39 is 6.09 Å². The summed E-state index contributed by atoms with van der Waals surface area (Å²) < 4.78 is 0. The molecule has 1 aliphatic heterocycles. The lowest BCUT2D eigenvalue weighted by molar-refractivity contribution is 0.149. The summed E-state index contributed by atoms with van der Waals surface area (Å²) in [6.07, 6.45) is 1.48. The summed E-state index contributed by atoms with van der Waals surface area (Å²) in [6.45, 7) is 0.769. The smallest absolute Gasteiger partial charge is 0.407 e. The Morgan fingerprint density at radius 3 is 2.67 bits per heavy atom. The van der Waals surface area contributed by atoms with Crippen molar-refractivity contribution in [3.8, 4) is 0 Å². The second kappa shape index (κ2) is 1.40. The highest BCUT2D eigenvalue weighted by molar-refractivity contribution is 5.66. The minimum atomic E-state index is -0.736. The van der Waals surface area contributed by atoms with E-state index in [9.17, 15) is 4.79 Å². The first kappa shape index (κ1) is 5.09. The van der Waals surface area contributed by atoms with E-state index in [1.807, 2.05) is 0 Å². The fourth-order valence-corrected chi connectivity index (χ4v) is 1.63. The van der Waals surface area contributed by atoms with E-state index in [1.54, 1.807) is 4.90 Å². The number of carboxylic acid groups (broad SMARTS) is 1. The predicted octanol–water partition coefficient (Wildman–Crippen LogP) is 0.759. The first-order valence-electron chi connectivity index (χ1n) is 3.28. The van der Waals surface area contributed by atoms with Crippen molar-refractivity contribution in [2.24, 2.45) is 5.92 Å². The van der Waals surface area contributed by atoms with Gasteiger partial charge < -0.3 is 10.0 Å². The van der Waals surface area contributed by atoms with Gasteiger partial charge in [-0.1, -0.05) is 0 Å². The van der Waals surface area contributed by atoms with E-state index in [-0.39, 0.29) is 0 Å². The van der Waals surface area contributed by atoms with Crippen LogP contribution in [0.5, 0.6) is 0 Å². The van der Waals surface area contributed by atoms with Gasteiger partial charge in [-0.25, -0.2) is 4.79 Å². The van der Waals surface area contributed by atoms with Crippen molar-refractivity contribution in [2.45, 2.75) is 18.9 Å². The summed E-state index contributed by atoms with van der Waals surface area (Å²) >= 11 is 0. The van der Waals surface area contributed by atoms with Crippen LogP contribution in [-0.4, -0.2) is 28.7 Å². The molecule has 1 N–H and O–H groups in total. The minimum Gasteiger partial charge on any atom is -0.465 e. The van der Waals surface area contributed by atoms with Gasteiger partial charge in [-0.3, -0.25) is 0 Å². The Morgan fingerprint density at radius 2 is 2.44 bits per heavy atom. The van der Waals surface area contributed by atoms with Gasteiger partial charge in [0.25, 0.3) is 0 Å². The Balaban J connectivity index is 2.06. The number of carbonyl (C=O) groups is 1. The molecule has 2 atom stereocenters. The van der Waals surface area contributed by atoms with Crippen LogP contribution in [0.2, 0.25) is 0 Å². The fraction of sp³-hybridized carbons (Fsp3) is 0.833. The molecule has 3 nitrogen and oxygen atoms in total. The molecule has 1 heterocycles. The van der Waals surface area contributed by atoms with E-state index >= 15 is 0 Å². The van der Waals surface area contributed by atoms with Crippen LogP contribution in [0, 0.1) is 5.92 Å². The highest BCUT2D eigenvalue weighted by Gasteiger charge is 2.48. The fourth-order valence-electron chi connectivity index (χ4n) is 1.63. The number of rotatable bonds is 0. The van der Waals surface area contributed by atoms with E-state index in [0.29, 0.717) is 6.04 Å². The molecular formula is C6H9NO2. The van der Waals surface area contributed by atoms with Crippen LogP contribution in [0.4, 0.5) is 4.79 Å². The van der Waals surface area contributed by atoms with Crippen molar-refractivity contribution in [1.82, 2.24) is 4.90 Å². The third kappa shape index (κ3) is 0.605. The van der Waals surface area contributed by atoms with Gasteiger partial charge in [0.2, 0.25) is 0 Å². The second-order valence-electron chi connectivity index (χ2n) is 2.83. The van der Waals surface area contributed by atoms with Gasteiger partial charge in [0.15, 0.2) is 0 Å². The largest absolute Gasteiger partial charge is 0.465 e. The number of likely N-dealkylation sites (tertiary alicyclic amines) is 1. The van der Waals surface area contributed by atoms with Gasteiger partial charge in [0.05, 0.1) is 0 Å². The van der Waals surface area contributed by atoms with Gasteiger partial charge in [-0.15, -0.1) is 0 Å². The highest BCUT2D eigenvalue weighted by Crippen LogP contribution is 2.44. The lowest BCUT2D eigenvalue weighted by Gasteiger charge is -2.11. The second-order valence-corrected chi connectivity index (χ2v) is 2.83. The zero-order chi connectivity index (χ0) is 6.43. The normalized spacial score (nSPS) is 38.4. The molecule has 1 saturated carbocycles. The molecular weight excluding hydrogens is 118 g/mol. The average Bonchev–Trinajstić information content (AvgIpc) is 2.43. The van der Waals surface area contributed by atoms with Gasteiger partial charge in [0.1, 0.15) is 0 Å². The minimum absolute atomic E-state index is 0.405. The Kier molecular flexibility index (Phi) is 0.793. The SMILES string of the molecule is O=C(O)N1CCC2CC21. The van der Waals surface area contributed by atoms with Crippen molar-refractivity contribution >= 4 is 6.09 Å². The molecule has 2 rings (SSSR count). The summed E-state index contributed by atoms with van der Waals surface area (Å²) in [7, 11) is 0. The predicted molar refractivity (Wildman–Crippen MR) is 31.2 cm³/mol. The Morgan fingerprint density at radius 1 is 1.67 bits per heavy atom. The lowest BCUT2D eigenvalue weighted by Crippen LogP contribution is -2.28. The van der Waals surface area contributed by atoms with Gasteiger partial charge in [0, 0.05) is 12.6 Å². The van der Waals surface area contributed by atoms with Crippen molar-refractivity contribution in [3.05, 3.63) is 0 Å². The third-order valence-electron chi connectivity index (χ3n) is 2.27. The Hall–Kier alpha value is -0.730. The van der Waals surface area contributed by atoms with E-state index in [2.05, 4.69) is 0 Å². The molecule has 1 aliphatic carbocycles. The van der Waals surface area contributed by atoms with E-state index in [4.69, 9.17) is 5.11 Å².